The summed E-state index contributed by atoms with van der Waals surface area (Å²) in [6.45, 7) is 5.48. The zero-order chi connectivity index (χ0) is 45.8. The van der Waals surface area contributed by atoms with Crippen LogP contribution in [0.5, 0.6) is 0 Å². The largest absolute Gasteiger partial charge is 0.341 e. The fourth-order valence-corrected chi connectivity index (χ4v) is 11.3. The summed E-state index contributed by atoms with van der Waals surface area (Å²) in [5, 5.41) is 7.95. The van der Waals surface area contributed by atoms with E-state index in [1.165, 1.54) is 0 Å². The molecule has 10 nitrogen and oxygen atoms in total. The molecule has 4 heterocycles. The topological polar surface area (TPSA) is 125 Å². The first-order chi connectivity index (χ1) is 32.3. The van der Waals surface area contributed by atoms with Gasteiger partial charge in [-0.25, -0.2) is 9.97 Å². The molecule has 4 amide bonds. The van der Waals surface area contributed by atoms with Gasteiger partial charge in [0.25, 0.3) is 0 Å². The van der Waals surface area contributed by atoms with Crippen molar-refractivity contribution in [3.8, 4) is 32.0 Å². The summed E-state index contributed by atoms with van der Waals surface area (Å²) in [6, 6.07) is 34.4. The van der Waals surface area contributed by atoms with Crippen LogP contribution in [0.15, 0.2) is 122 Å². The molecular weight excluding hydrogens is 861 g/mol. The number of nitrogens with one attached hydrogen (secondary N) is 2. The van der Waals surface area contributed by atoms with Crippen molar-refractivity contribution >= 4 is 46.3 Å². The number of thiazole rings is 2. The highest BCUT2D eigenvalue weighted by Gasteiger charge is 2.38. The van der Waals surface area contributed by atoms with Gasteiger partial charge in [0.1, 0.15) is 22.1 Å². The van der Waals surface area contributed by atoms with Gasteiger partial charge < -0.3 is 20.4 Å². The zero-order valence-electron chi connectivity index (χ0n) is 38.0. The van der Waals surface area contributed by atoms with Gasteiger partial charge in [0.15, 0.2) is 0 Å². The molecule has 342 valence electrons. The van der Waals surface area contributed by atoms with E-state index >= 15 is 0 Å². The molecule has 0 bridgehead atoms. The molecule has 2 fully saturated rings. The highest BCUT2D eigenvalue weighted by atomic mass is 32.1. The maximum Gasteiger partial charge on any atom is 0.250 e. The molecule has 12 heteroatoms. The number of nitrogens with zero attached hydrogens (tertiary/aromatic N) is 4. The maximum atomic E-state index is 14.2. The van der Waals surface area contributed by atoms with E-state index < -0.39 is 12.1 Å². The van der Waals surface area contributed by atoms with E-state index in [4.69, 9.17) is 9.97 Å². The van der Waals surface area contributed by atoms with E-state index in [2.05, 4.69) is 73.0 Å². The molecule has 6 aromatic rings. The zero-order valence-corrected chi connectivity index (χ0v) is 39.6. The Hall–Kier alpha value is -5.98. The smallest absolute Gasteiger partial charge is 0.250 e. The number of carbonyl (C=O) groups is 4. The van der Waals surface area contributed by atoms with Crippen molar-refractivity contribution in [3.63, 3.8) is 0 Å². The third-order valence-corrected chi connectivity index (χ3v) is 15.0. The van der Waals surface area contributed by atoms with Crippen LogP contribution in [0.1, 0.15) is 136 Å². The molecule has 2 saturated heterocycles. The van der Waals surface area contributed by atoms with Crippen LogP contribution in [0.25, 0.3) is 32.0 Å². The van der Waals surface area contributed by atoms with Crippen molar-refractivity contribution in [2.75, 3.05) is 13.1 Å². The van der Waals surface area contributed by atoms with E-state index in [0.717, 1.165) is 117 Å². The lowest BCUT2D eigenvalue weighted by molar-refractivity contribution is -0.137. The first-order valence-electron chi connectivity index (χ1n) is 23.7. The monoisotopic (exact) mass is 920 g/mol. The Morgan fingerprint density at radius 3 is 1.30 bits per heavy atom. The number of hydrogen-bond acceptors (Lipinski definition) is 8. The molecule has 4 aromatic carbocycles. The van der Waals surface area contributed by atoms with Crippen LogP contribution >= 0.6 is 22.7 Å². The van der Waals surface area contributed by atoms with Crippen molar-refractivity contribution in [1.29, 1.82) is 0 Å². The number of aromatic nitrogens is 2. The number of amides is 4. The molecule has 0 spiro atoms. The van der Waals surface area contributed by atoms with E-state index in [1.807, 2.05) is 82.9 Å². The van der Waals surface area contributed by atoms with Crippen molar-refractivity contribution < 1.29 is 19.2 Å². The van der Waals surface area contributed by atoms with Gasteiger partial charge in [-0.15, -0.1) is 22.7 Å². The van der Waals surface area contributed by atoms with Gasteiger partial charge in [0, 0.05) is 38.3 Å². The summed E-state index contributed by atoms with van der Waals surface area (Å²) in [4.78, 5) is 70.0. The van der Waals surface area contributed by atoms with Crippen molar-refractivity contribution in [2.24, 2.45) is 0 Å². The predicted octanol–water partition coefficient (Wildman–Crippen LogP) is 11.8. The van der Waals surface area contributed by atoms with Gasteiger partial charge in [-0.2, -0.15) is 0 Å². The maximum absolute atomic E-state index is 14.2. The SMILES string of the molecule is CCCCCC(=O)N[C@H](C(=O)N1CCC[C@H]1c1ncc(-c2ccc(-c3ccc(-c4cnc([C@@H]5CCCN5C(=O)[C@H](NC(=O)CCCCC)c5ccccc5)s4)cc3)cc2)s1)c1ccccc1. The van der Waals surface area contributed by atoms with Gasteiger partial charge in [0.05, 0.1) is 21.8 Å². The van der Waals surface area contributed by atoms with Gasteiger partial charge in [-0.05, 0) is 71.9 Å². The second-order valence-corrected chi connectivity index (χ2v) is 19.5. The van der Waals surface area contributed by atoms with Gasteiger partial charge in [0.2, 0.25) is 23.6 Å². The summed E-state index contributed by atoms with van der Waals surface area (Å²) in [5.74, 6) is -0.362. The van der Waals surface area contributed by atoms with Crippen LogP contribution in [0.4, 0.5) is 0 Å². The summed E-state index contributed by atoms with van der Waals surface area (Å²) < 4.78 is 0. The summed E-state index contributed by atoms with van der Waals surface area (Å²) >= 11 is 3.25. The Kier molecular flexibility index (Phi) is 15.9. The Morgan fingerprint density at radius 1 is 0.545 bits per heavy atom. The summed E-state index contributed by atoms with van der Waals surface area (Å²) in [6.07, 6.45) is 13.7. The first-order valence-corrected chi connectivity index (χ1v) is 25.4. The lowest BCUT2D eigenvalue weighted by Gasteiger charge is -2.28. The van der Waals surface area contributed by atoms with Gasteiger partial charge in [-0.1, -0.05) is 149 Å². The van der Waals surface area contributed by atoms with Crippen molar-refractivity contribution in [1.82, 2.24) is 30.4 Å². The highest BCUT2D eigenvalue weighted by Crippen LogP contribution is 2.41. The Labute approximate surface area is 396 Å². The number of likely N-dealkylation sites (tertiary alicyclic amines) is 2. The van der Waals surface area contributed by atoms with E-state index in [9.17, 15) is 19.2 Å². The average Bonchev–Trinajstić information content (AvgIpc) is 4.21. The summed E-state index contributed by atoms with van der Waals surface area (Å²) in [5.41, 5.74) is 5.92. The lowest BCUT2D eigenvalue weighted by atomic mass is 10.0. The number of benzene rings is 4. The molecule has 4 atom stereocenters. The van der Waals surface area contributed by atoms with Crippen LogP contribution in [0.2, 0.25) is 0 Å². The van der Waals surface area contributed by atoms with Crippen LogP contribution < -0.4 is 10.6 Å². The van der Waals surface area contributed by atoms with E-state index in [-0.39, 0.29) is 35.7 Å². The molecule has 0 saturated carbocycles. The van der Waals surface area contributed by atoms with Crippen LogP contribution in [-0.4, -0.2) is 56.5 Å². The molecule has 0 unspecified atom stereocenters. The van der Waals surface area contributed by atoms with E-state index in [1.54, 1.807) is 22.7 Å². The third kappa shape index (κ3) is 11.2. The number of carbonyl (C=O) groups excluding carboxylic acids is 4. The van der Waals surface area contributed by atoms with Crippen molar-refractivity contribution in [2.45, 2.75) is 115 Å². The second kappa shape index (κ2) is 22.5. The minimum Gasteiger partial charge on any atom is -0.341 e. The molecule has 2 aromatic heterocycles. The van der Waals surface area contributed by atoms with E-state index in [0.29, 0.717) is 25.9 Å². The predicted molar refractivity (Wildman–Crippen MR) is 264 cm³/mol. The minimum atomic E-state index is -0.734. The molecule has 2 aliphatic heterocycles. The van der Waals surface area contributed by atoms with Crippen LogP contribution in [0, 0.1) is 0 Å². The molecule has 66 heavy (non-hydrogen) atoms. The van der Waals surface area contributed by atoms with Gasteiger partial charge in [-0.3, -0.25) is 19.2 Å². The number of hydrogen-bond donors (Lipinski definition) is 2. The first kappa shape index (κ1) is 46.5. The molecule has 0 radical (unpaired) electrons. The van der Waals surface area contributed by atoms with Crippen LogP contribution in [-0.2, 0) is 19.2 Å². The fraction of sp³-hybridized carbons (Fsp3) is 0.370. The quantitative estimate of drug-likeness (QED) is 0.0780. The highest BCUT2D eigenvalue weighted by molar-refractivity contribution is 7.15. The van der Waals surface area contributed by atoms with Crippen LogP contribution in [0.3, 0.4) is 0 Å². The molecule has 8 rings (SSSR count). The average molecular weight is 921 g/mol. The molecule has 0 aliphatic carbocycles. The fourth-order valence-electron chi connectivity index (χ4n) is 9.11. The normalized spacial score (nSPS) is 16.8. The van der Waals surface area contributed by atoms with Crippen molar-refractivity contribution in [3.05, 3.63) is 143 Å². The Balaban J connectivity index is 0.910. The molecular formula is C54H60N6O4S2. The van der Waals surface area contributed by atoms with Gasteiger partial charge >= 0.3 is 0 Å². The molecule has 2 aliphatic rings. The molecule has 2 N–H and O–H groups in total. The lowest BCUT2D eigenvalue weighted by Crippen LogP contribution is -2.42. The number of unbranched alkanes of at least 4 members (excludes halogenated alkanes) is 4. The Bertz CT molecular complexity index is 2370. The Morgan fingerprint density at radius 2 is 0.924 bits per heavy atom. The third-order valence-electron chi connectivity index (χ3n) is 12.7. The minimum absolute atomic E-state index is 0.0869. The summed E-state index contributed by atoms with van der Waals surface area (Å²) in [7, 11) is 0. The number of rotatable bonds is 19. The second-order valence-electron chi connectivity index (χ2n) is 17.4. The standard InChI is InChI=1S/C54H60N6O4S2/c1-3-5-9-23-47(61)57-49(41-17-11-7-12-18-41)53(63)59-33-15-21-43(59)51-55-35-45(65-51)39-29-25-37(26-30-39)38-27-31-40(32-28-38)46-36-56-52(66-46)44-22-16-34-60(44)54(64)50(42-19-13-8-14-20-42)58-48(62)24-10-6-4-2/h7-8,11-14,17-20,25-32,35-36,43-44,49-50H,3-6,9-10,15-16,21-24,33-34H2,1-2H3,(H,57,61)(H,58,62)/t43-,44-,49-,50+/m0/s1.